The predicted octanol–water partition coefficient (Wildman–Crippen LogP) is 2.23. The van der Waals surface area contributed by atoms with Crippen LogP contribution in [0.4, 0.5) is 10.5 Å². The van der Waals surface area contributed by atoms with Crippen molar-refractivity contribution in [1.82, 2.24) is 5.32 Å². The molecule has 0 aromatic heterocycles. The van der Waals surface area contributed by atoms with E-state index in [0.29, 0.717) is 23.8 Å². The van der Waals surface area contributed by atoms with Gasteiger partial charge in [-0.05, 0) is 36.6 Å². The number of terminal acetylenes is 1. The molecule has 114 valence electrons. The van der Waals surface area contributed by atoms with Crippen LogP contribution < -0.4 is 15.4 Å². The molecule has 1 unspecified atom stereocenters. The van der Waals surface area contributed by atoms with E-state index >= 15 is 0 Å². The number of anilines is 1. The van der Waals surface area contributed by atoms with Gasteiger partial charge in [0.1, 0.15) is 12.4 Å². The van der Waals surface area contributed by atoms with Crippen molar-refractivity contribution in [3.8, 4) is 18.1 Å². The van der Waals surface area contributed by atoms with Gasteiger partial charge >= 0.3 is 6.03 Å². The molecule has 0 aliphatic carbocycles. The molecule has 1 aromatic rings. The second-order valence-corrected chi connectivity index (χ2v) is 5.14. The van der Waals surface area contributed by atoms with E-state index in [0.717, 1.165) is 0 Å². The van der Waals surface area contributed by atoms with Gasteiger partial charge in [0.05, 0.1) is 6.10 Å². The van der Waals surface area contributed by atoms with Gasteiger partial charge in [0.15, 0.2) is 0 Å². The summed E-state index contributed by atoms with van der Waals surface area (Å²) < 4.78 is 5.23. The molecule has 5 nitrogen and oxygen atoms in total. The molecule has 1 rings (SSSR count). The minimum atomic E-state index is -0.532. The van der Waals surface area contributed by atoms with E-state index in [4.69, 9.17) is 11.2 Å². The Bertz CT molecular complexity index is 477. The Balaban J connectivity index is 2.36. The van der Waals surface area contributed by atoms with E-state index in [2.05, 4.69) is 16.6 Å². The largest absolute Gasteiger partial charge is 0.481 e. The minimum Gasteiger partial charge on any atom is -0.481 e. The molecular weight excluding hydrogens is 268 g/mol. The zero-order valence-corrected chi connectivity index (χ0v) is 12.4. The summed E-state index contributed by atoms with van der Waals surface area (Å²) in [5, 5.41) is 15.0. The third kappa shape index (κ3) is 7.23. The lowest BCUT2D eigenvalue weighted by atomic mass is 10.1. The average molecular weight is 290 g/mol. The van der Waals surface area contributed by atoms with Gasteiger partial charge in [0.25, 0.3) is 0 Å². The number of urea groups is 1. The molecule has 0 fully saturated rings. The fraction of sp³-hybridized carbons (Fsp3) is 0.438. The third-order valence-corrected chi connectivity index (χ3v) is 2.68. The molecular formula is C16H22N2O3. The molecule has 0 radical (unpaired) electrons. The van der Waals surface area contributed by atoms with Crippen molar-refractivity contribution in [3.63, 3.8) is 0 Å². The first kappa shape index (κ1) is 16.9. The second-order valence-electron chi connectivity index (χ2n) is 5.14. The average Bonchev–Trinajstić information content (AvgIpc) is 2.44. The Morgan fingerprint density at radius 3 is 2.62 bits per heavy atom. The number of benzene rings is 1. The maximum Gasteiger partial charge on any atom is 0.319 e. The molecule has 0 saturated heterocycles. The molecule has 2 amide bonds. The van der Waals surface area contributed by atoms with Gasteiger partial charge in [-0.25, -0.2) is 4.79 Å². The van der Waals surface area contributed by atoms with E-state index in [9.17, 15) is 9.90 Å². The number of hydrogen-bond acceptors (Lipinski definition) is 3. The third-order valence-electron chi connectivity index (χ3n) is 2.68. The number of carbonyl (C=O) groups excluding carboxylic acids is 1. The van der Waals surface area contributed by atoms with E-state index in [1.54, 1.807) is 24.3 Å². The SMILES string of the molecule is C#CCOc1ccc(NC(=O)NCC(O)CC(C)C)cc1. The fourth-order valence-electron chi connectivity index (χ4n) is 1.77. The van der Waals surface area contributed by atoms with Crippen molar-refractivity contribution in [3.05, 3.63) is 24.3 Å². The summed E-state index contributed by atoms with van der Waals surface area (Å²) >= 11 is 0. The molecule has 21 heavy (non-hydrogen) atoms. The van der Waals surface area contributed by atoms with E-state index in [1.165, 1.54) is 0 Å². The van der Waals surface area contributed by atoms with E-state index in [-0.39, 0.29) is 19.2 Å². The maximum atomic E-state index is 11.7. The number of ether oxygens (including phenoxy) is 1. The first-order chi connectivity index (χ1) is 10.0. The molecule has 5 heteroatoms. The van der Waals surface area contributed by atoms with Crippen molar-refractivity contribution in [1.29, 1.82) is 0 Å². The van der Waals surface area contributed by atoms with Crippen LogP contribution in [-0.4, -0.2) is 30.4 Å². The van der Waals surface area contributed by atoms with Crippen molar-refractivity contribution in [2.24, 2.45) is 5.92 Å². The van der Waals surface area contributed by atoms with Crippen LogP contribution in [0.5, 0.6) is 5.75 Å². The Labute approximate surface area is 125 Å². The van der Waals surface area contributed by atoms with Crippen LogP contribution >= 0.6 is 0 Å². The van der Waals surface area contributed by atoms with Crippen LogP contribution in [0, 0.1) is 18.3 Å². The number of nitrogens with one attached hydrogen (secondary N) is 2. The van der Waals surface area contributed by atoms with Crippen molar-refractivity contribution in [2.45, 2.75) is 26.4 Å². The number of hydrogen-bond donors (Lipinski definition) is 3. The smallest absolute Gasteiger partial charge is 0.319 e. The zero-order valence-electron chi connectivity index (χ0n) is 12.4. The van der Waals surface area contributed by atoms with E-state index in [1.807, 2.05) is 13.8 Å². The lowest BCUT2D eigenvalue weighted by Gasteiger charge is -2.14. The Kier molecular flexibility index (Phi) is 7.13. The second kappa shape index (κ2) is 8.88. The summed E-state index contributed by atoms with van der Waals surface area (Å²) in [5.74, 6) is 3.41. The molecule has 0 aliphatic rings. The summed E-state index contributed by atoms with van der Waals surface area (Å²) in [7, 11) is 0. The molecule has 1 atom stereocenters. The normalized spacial score (nSPS) is 11.6. The monoisotopic (exact) mass is 290 g/mol. The number of carbonyl (C=O) groups is 1. The van der Waals surface area contributed by atoms with Gasteiger partial charge < -0.3 is 20.5 Å². The molecule has 0 aliphatic heterocycles. The highest BCUT2D eigenvalue weighted by molar-refractivity contribution is 5.89. The van der Waals surface area contributed by atoms with Crippen molar-refractivity contribution >= 4 is 11.7 Å². The van der Waals surface area contributed by atoms with Gasteiger partial charge in [-0.1, -0.05) is 19.8 Å². The highest BCUT2D eigenvalue weighted by Gasteiger charge is 2.09. The van der Waals surface area contributed by atoms with Crippen LogP contribution in [-0.2, 0) is 0 Å². The Morgan fingerprint density at radius 2 is 2.05 bits per heavy atom. The van der Waals surface area contributed by atoms with Crippen LogP contribution in [0.3, 0.4) is 0 Å². The Hall–Kier alpha value is -2.19. The van der Waals surface area contributed by atoms with Crippen LogP contribution in [0.2, 0.25) is 0 Å². The van der Waals surface area contributed by atoms with E-state index < -0.39 is 6.10 Å². The molecule has 0 heterocycles. The van der Waals surface area contributed by atoms with Gasteiger partial charge in [0, 0.05) is 12.2 Å². The fourth-order valence-corrected chi connectivity index (χ4v) is 1.77. The molecule has 1 aromatic carbocycles. The van der Waals surface area contributed by atoms with Crippen LogP contribution in [0.15, 0.2) is 24.3 Å². The first-order valence-corrected chi connectivity index (χ1v) is 6.90. The van der Waals surface area contributed by atoms with Gasteiger partial charge in [-0.15, -0.1) is 6.42 Å². The molecule has 0 saturated carbocycles. The lowest BCUT2D eigenvalue weighted by molar-refractivity contribution is 0.148. The highest BCUT2D eigenvalue weighted by Crippen LogP contribution is 2.15. The maximum absolute atomic E-state index is 11.7. The number of amides is 2. The molecule has 0 spiro atoms. The van der Waals surface area contributed by atoms with Gasteiger partial charge in [-0.3, -0.25) is 0 Å². The zero-order chi connectivity index (χ0) is 15.7. The van der Waals surface area contributed by atoms with Crippen LogP contribution in [0.25, 0.3) is 0 Å². The van der Waals surface area contributed by atoms with Gasteiger partial charge in [-0.2, -0.15) is 0 Å². The molecule has 3 N–H and O–H groups in total. The number of aliphatic hydroxyl groups excluding tert-OH is 1. The summed E-state index contributed by atoms with van der Waals surface area (Å²) in [5.41, 5.74) is 0.638. The minimum absolute atomic E-state index is 0.209. The standard InChI is InChI=1S/C16H22N2O3/c1-4-9-21-15-7-5-13(6-8-15)18-16(20)17-11-14(19)10-12(2)3/h1,5-8,12,14,19H,9-11H2,2-3H3,(H2,17,18,20). The molecule has 0 bridgehead atoms. The lowest BCUT2D eigenvalue weighted by Crippen LogP contribution is -2.35. The predicted molar refractivity (Wildman–Crippen MR) is 83.3 cm³/mol. The highest BCUT2D eigenvalue weighted by atomic mass is 16.5. The summed E-state index contributed by atoms with van der Waals surface area (Å²) in [4.78, 5) is 11.7. The quantitative estimate of drug-likeness (QED) is 0.674. The van der Waals surface area contributed by atoms with Crippen molar-refractivity contribution < 1.29 is 14.6 Å². The van der Waals surface area contributed by atoms with Crippen LogP contribution in [0.1, 0.15) is 20.3 Å². The summed E-state index contributed by atoms with van der Waals surface area (Å²) in [6, 6.07) is 6.53. The van der Waals surface area contributed by atoms with Gasteiger partial charge in [0.2, 0.25) is 0 Å². The topological polar surface area (TPSA) is 70.6 Å². The first-order valence-electron chi connectivity index (χ1n) is 6.90. The number of rotatable bonds is 7. The number of aliphatic hydroxyl groups is 1. The Morgan fingerprint density at radius 1 is 1.38 bits per heavy atom. The summed E-state index contributed by atoms with van der Waals surface area (Å²) in [6.45, 7) is 4.48. The summed E-state index contributed by atoms with van der Waals surface area (Å²) in [6.07, 6.45) is 5.22. The van der Waals surface area contributed by atoms with Crippen molar-refractivity contribution in [2.75, 3.05) is 18.5 Å².